The third kappa shape index (κ3) is 7.38. The van der Waals surface area contributed by atoms with Crippen molar-refractivity contribution in [1.82, 2.24) is 20.4 Å². The van der Waals surface area contributed by atoms with Gasteiger partial charge in [-0.2, -0.15) is 5.10 Å². The Morgan fingerprint density at radius 2 is 1.77 bits per heavy atom. The van der Waals surface area contributed by atoms with Gasteiger partial charge in [0.05, 0.1) is 0 Å². The molecule has 2 aromatic carbocycles. The molecule has 0 aliphatic heterocycles. The number of carbonyl (C=O) groups excluding carboxylic acids is 3. The molecular weight excluding hydrogens is 462 g/mol. The fourth-order valence-electron chi connectivity index (χ4n) is 2.78. The highest BCUT2D eigenvalue weighted by Crippen LogP contribution is 2.11. The number of anilines is 1. The summed E-state index contributed by atoms with van der Waals surface area (Å²) in [6.45, 7) is 0.687. The largest absolute Gasteiger partial charge is 0.352 e. The average molecular weight is 484 g/mol. The summed E-state index contributed by atoms with van der Waals surface area (Å²) in [6.07, 6.45) is 3.50. The Bertz CT molecular complexity index is 1040. The molecule has 3 aromatic rings. The van der Waals surface area contributed by atoms with Crippen molar-refractivity contribution in [2.45, 2.75) is 19.5 Å². The summed E-state index contributed by atoms with van der Waals surface area (Å²) in [4.78, 5) is 36.2. The zero-order valence-corrected chi connectivity index (χ0v) is 18.3. The Morgan fingerprint density at radius 1 is 0.968 bits per heavy atom. The van der Waals surface area contributed by atoms with Gasteiger partial charge in [0.15, 0.2) is 0 Å². The maximum absolute atomic E-state index is 12.1. The van der Waals surface area contributed by atoms with Crippen molar-refractivity contribution in [3.63, 3.8) is 0 Å². The molecule has 1 aromatic heterocycles. The fourth-order valence-corrected chi connectivity index (χ4v) is 3.05. The summed E-state index contributed by atoms with van der Waals surface area (Å²) in [5.41, 5.74) is 2.03. The van der Waals surface area contributed by atoms with Crippen LogP contribution in [0.5, 0.6) is 0 Å². The van der Waals surface area contributed by atoms with Crippen molar-refractivity contribution in [3.8, 4) is 0 Å². The molecule has 160 valence electrons. The smallest absolute Gasteiger partial charge is 0.251 e. The summed E-state index contributed by atoms with van der Waals surface area (Å²) >= 11 is 3.32. The lowest BCUT2D eigenvalue weighted by Crippen LogP contribution is -2.30. The first kappa shape index (κ1) is 22.2. The van der Waals surface area contributed by atoms with Crippen LogP contribution in [0.25, 0.3) is 0 Å². The molecule has 0 spiro atoms. The quantitative estimate of drug-likeness (QED) is 0.435. The first-order valence-corrected chi connectivity index (χ1v) is 10.5. The van der Waals surface area contributed by atoms with E-state index in [4.69, 9.17) is 0 Å². The van der Waals surface area contributed by atoms with Gasteiger partial charge in [0.25, 0.3) is 5.91 Å². The van der Waals surface area contributed by atoms with Gasteiger partial charge in [-0.15, -0.1) is 0 Å². The SMILES string of the molecule is O=C(CCNC(=O)c1ccc(Br)cc1)NCc1cccc(NC(=O)Cn2cccn2)c1. The van der Waals surface area contributed by atoms with Crippen LogP contribution in [-0.4, -0.2) is 34.0 Å². The minimum absolute atomic E-state index is 0.125. The Balaban J connectivity index is 1.39. The van der Waals surface area contributed by atoms with E-state index >= 15 is 0 Å². The number of hydrogen-bond donors (Lipinski definition) is 3. The minimum Gasteiger partial charge on any atom is -0.352 e. The van der Waals surface area contributed by atoms with Crippen LogP contribution in [0.4, 0.5) is 5.69 Å². The van der Waals surface area contributed by atoms with E-state index < -0.39 is 0 Å². The van der Waals surface area contributed by atoms with Crippen LogP contribution >= 0.6 is 15.9 Å². The molecule has 0 atom stereocenters. The average Bonchev–Trinajstić information content (AvgIpc) is 3.26. The molecule has 1 heterocycles. The van der Waals surface area contributed by atoms with Crippen molar-refractivity contribution in [2.24, 2.45) is 0 Å². The monoisotopic (exact) mass is 483 g/mol. The molecule has 0 fully saturated rings. The zero-order chi connectivity index (χ0) is 22.1. The normalized spacial score (nSPS) is 10.4. The molecule has 9 heteroatoms. The number of nitrogens with zero attached hydrogens (tertiary/aromatic N) is 2. The van der Waals surface area contributed by atoms with E-state index in [0.29, 0.717) is 17.8 Å². The molecule has 0 aliphatic rings. The lowest BCUT2D eigenvalue weighted by atomic mass is 10.2. The van der Waals surface area contributed by atoms with Crippen LogP contribution < -0.4 is 16.0 Å². The Hall–Kier alpha value is -3.46. The van der Waals surface area contributed by atoms with E-state index in [1.54, 1.807) is 54.9 Å². The van der Waals surface area contributed by atoms with Crippen LogP contribution in [0.2, 0.25) is 0 Å². The molecule has 3 N–H and O–H groups in total. The number of halogens is 1. The molecule has 3 rings (SSSR count). The molecular formula is C22H22BrN5O3. The van der Waals surface area contributed by atoms with E-state index in [-0.39, 0.29) is 37.2 Å². The summed E-state index contributed by atoms with van der Waals surface area (Å²) < 4.78 is 2.43. The van der Waals surface area contributed by atoms with Crippen molar-refractivity contribution >= 4 is 39.3 Å². The molecule has 0 bridgehead atoms. The lowest BCUT2D eigenvalue weighted by molar-refractivity contribution is -0.121. The van der Waals surface area contributed by atoms with Crippen LogP contribution in [0.1, 0.15) is 22.3 Å². The molecule has 8 nitrogen and oxygen atoms in total. The maximum Gasteiger partial charge on any atom is 0.251 e. The van der Waals surface area contributed by atoms with Crippen molar-refractivity contribution in [2.75, 3.05) is 11.9 Å². The molecule has 0 unspecified atom stereocenters. The van der Waals surface area contributed by atoms with Gasteiger partial charge >= 0.3 is 0 Å². The predicted octanol–water partition coefficient (Wildman–Crippen LogP) is 2.72. The Kier molecular flexibility index (Phi) is 7.94. The number of nitrogens with one attached hydrogen (secondary N) is 3. The second-order valence-electron chi connectivity index (χ2n) is 6.74. The Morgan fingerprint density at radius 3 is 2.52 bits per heavy atom. The highest BCUT2D eigenvalue weighted by molar-refractivity contribution is 9.10. The summed E-state index contributed by atoms with van der Waals surface area (Å²) in [6, 6.07) is 16.0. The van der Waals surface area contributed by atoms with Crippen LogP contribution in [0.3, 0.4) is 0 Å². The van der Waals surface area contributed by atoms with E-state index in [9.17, 15) is 14.4 Å². The van der Waals surface area contributed by atoms with Crippen molar-refractivity contribution < 1.29 is 14.4 Å². The standard InChI is InChI=1S/C22H22BrN5O3/c23-18-7-5-17(6-8-18)22(31)24-11-9-20(29)25-14-16-3-1-4-19(13-16)27-21(30)15-28-12-2-10-26-28/h1-8,10,12-13H,9,11,14-15H2,(H,24,31)(H,25,29)(H,27,30). The van der Waals surface area contributed by atoms with Crippen molar-refractivity contribution in [1.29, 1.82) is 0 Å². The highest BCUT2D eigenvalue weighted by atomic mass is 79.9. The highest BCUT2D eigenvalue weighted by Gasteiger charge is 2.08. The topological polar surface area (TPSA) is 105 Å². The molecule has 0 saturated carbocycles. The van der Waals surface area contributed by atoms with Crippen LogP contribution in [0.15, 0.2) is 71.5 Å². The second kappa shape index (κ2) is 11.1. The third-order valence-corrected chi connectivity index (χ3v) is 4.84. The van der Waals surface area contributed by atoms with Gasteiger partial charge in [-0.05, 0) is 48.0 Å². The predicted molar refractivity (Wildman–Crippen MR) is 120 cm³/mol. The van der Waals surface area contributed by atoms with Crippen LogP contribution in [-0.2, 0) is 22.7 Å². The molecule has 3 amide bonds. The van der Waals surface area contributed by atoms with Gasteiger partial charge in [0.1, 0.15) is 6.54 Å². The molecule has 31 heavy (non-hydrogen) atoms. The van der Waals surface area contributed by atoms with Crippen LogP contribution in [0, 0.1) is 0 Å². The number of benzene rings is 2. The first-order chi connectivity index (χ1) is 15.0. The number of hydrogen-bond acceptors (Lipinski definition) is 4. The lowest BCUT2D eigenvalue weighted by Gasteiger charge is -2.09. The third-order valence-electron chi connectivity index (χ3n) is 4.31. The molecule has 0 radical (unpaired) electrons. The fraction of sp³-hybridized carbons (Fsp3) is 0.182. The van der Waals surface area contributed by atoms with Gasteiger partial charge in [-0.3, -0.25) is 19.1 Å². The minimum atomic E-state index is -0.223. The van der Waals surface area contributed by atoms with Gasteiger partial charge in [-0.1, -0.05) is 28.1 Å². The summed E-state index contributed by atoms with van der Waals surface area (Å²) in [7, 11) is 0. The maximum atomic E-state index is 12.1. The van der Waals surface area contributed by atoms with E-state index in [2.05, 4.69) is 37.0 Å². The summed E-state index contributed by atoms with van der Waals surface area (Å²) in [5.74, 6) is -0.588. The number of amides is 3. The number of aromatic nitrogens is 2. The Labute approximate surface area is 188 Å². The van der Waals surface area contributed by atoms with Gasteiger partial charge in [0.2, 0.25) is 11.8 Å². The second-order valence-corrected chi connectivity index (χ2v) is 7.66. The molecule has 0 saturated heterocycles. The molecule has 0 aliphatic carbocycles. The van der Waals surface area contributed by atoms with E-state index in [1.165, 1.54) is 4.68 Å². The van der Waals surface area contributed by atoms with E-state index in [1.807, 2.05) is 12.1 Å². The van der Waals surface area contributed by atoms with E-state index in [0.717, 1.165) is 10.0 Å². The summed E-state index contributed by atoms with van der Waals surface area (Å²) in [5, 5.41) is 12.4. The first-order valence-electron chi connectivity index (χ1n) is 9.66. The van der Waals surface area contributed by atoms with Crippen molar-refractivity contribution in [3.05, 3.63) is 82.6 Å². The van der Waals surface area contributed by atoms with Gasteiger partial charge < -0.3 is 16.0 Å². The van der Waals surface area contributed by atoms with Gasteiger partial charge in [-0.25, -0.2) is 0 Å². The number of rotatable bonds is 9. The van der Waals surface area contributed by atoms with Gasteiger partial charge in [0, 0.05) is 47.6 Å². The zero-order valence-electron chi connectivity index (χ0n) is 16.7. The number of carbonyl (C=O) groups is 3.